The fourth-order valence-corrected chi connectivity index (χ4v) is 2.44. The van der Waals surface area contributed by atoms with Crippen molar-refractivity contribution in [1.29, 1.82) is 0 Å². The summed E-state index contributed by atoms with van der Waals surface area (Å²) in [5.74, 6) is 0. The second-order valence-corrected chi connectivity index (χ2v) is 5.67. The third-order valence-electron chi connectivity index (χ3n) is 3.86. The van der Waals surface area contributed by atoms with E-state index in [1.165, 1.54) is 6.07 Å². The van der Waals surface area contributed by atoms with Gasteiger partial charge in [0.15, 0.2) is 0 Å². The van der Waals surface area contributed by atoms with Crippen molar-refractivity contribution < 1.29 is 15.1 Å². The maximum atomic E-state index is 11.2. The first-order valence-corrected chi connectivity index (χ1v) is 6.74. The van der Waals surface area contributed by atoms with Gasteiger partial charge >= 0.3 is 0 Å². The van der Waals surface area contributed by atoms with Crippen molar-refractivity contribution >= 4 is 11.4 Å². The number of anilines is 1. The fraction of sp³-hybridized carbons (Fsp3) is 0.571. The van der Waals surface area contributed by atoms with E-state index in [0.717, 1.165) is 0 Å². The summed E-state index contributed by atoms with van der Waals surface area (Å²) in [5.41, 5.74) is 0.398. The molecule has 1 fully saturated rings. The first-order valence-electron chi connectivity index (χ1n) is 6.74. The number of aliphatic hydroxyl groups is 2. The standard InChI is InChI=1S/C14H20N2O4/c1-10(17)11-3-4-12(13(9-11)16(19)20)15-7-5-14(2,18)6-8-15/h3-4,9-10,17-18H,5-8H2,1-2H3/t10-/m0/s1. The van der Waals surface area contributed by atoms with Crippen molar-refractivity contribution in [3.8, 4) is 0 Å². The molecule has 1 aromatic rings. The minimum Gasteiger partial charge on any atom is -0.390 e. The number of aliphatic hydroxyl groups excluding tert-OH is 1. The van der Waals surface area contributed by atoms with E-state index in [9.17, 15) is 20.3 Å². The van der Waals surface area contributed by atoms with Gasteiger partial charge in [-0.2, -0.15) is 0 Å². The maximum absolute atomic E-state index is 11.2. The highest BCUT2D eigenvalue weighted by Crippen LogP contribution is 2.34. The molecule has 1 saturated heterocycles. The Balaban J connectivity index is 2.30. The predicted octanol–water partition coefficient (Wildman–Crippen LogP) is 2.00. The van der Waals surface area contributed by atoms with Gasteiger partial charge in [0.1, 0.15) is 5.69 Å². The monoisotopic (exact) mass is 280 g/mol. The molecule has 0 spiro atoms. The Hall–Kier alpha value is -1.66. The Labute approximate surface area is 117 Å². The van der Waals surface area contributed by atoms with Crippen LogP contribution in [0, 0.1) is 10.1 Å². The third-order valence-corrected chi connectivity index (χ3v) is 3.86. The maximum Gasteiger partial charge on any atom is 0.292 e. The number of benzene rings is 1. The van der Waals surface area contributed by atoms with Crippen molar-refractivity contribution in [3.63, 3.8) is 0 Å². The van der Waals surface area contributed by atoms with Crippen molar-refractivity contribution in [1.82, 2.24) is 0 Å². The molecule has 1 heterocycles. The van der Waals surface area contributed by atoms with Crippen LogP contribution in [0.25, 0.3) is 0 Å². The predicted molar refractivity (Wildman–Crippen MR) is 75.8 cm³/mol. The van der Waals surface area contributed by atoms with Crippen LogP contribution < -0.4 is 4.90 Å². The smallest absolute Gasteiger partial charge is 0.292 e. The lowest BCUT2D eigenvalue weighted by molar-refractivity contribution is -0.384. The van der Waals surface area contributed by atoms with Crippen molar-refractivity contribution in [3.05, 3.63) is 33.9 Å². The Morgan fingerprint density at radius 1 is 1.40 bits per heavy atom. The highest BCUT2D eigenvalue weighted by molar-refractivity contribution is 5.64. The summed E-state index contributed by atoms with van der Waals surface area (Å²) in [4.78, 5) is 12.7. The fourth-order valence-electron chi connectivity index (χ4n) is 2.44. The van der Waals surface area contributed by atoms with E-state index < -0.39 is 16.6 Å². The van der Waals surface area contributed by atoms with Crippen LogP contribution in [0.15, 0.2) is 18.2 Å². The van der Waals surface area contributed by atoms with Gasteiger partial charge in [0, 0.05) is 19.2 Å². The van der Waals surface area contributed by atoms with Crippen LogP contribution >= 0.6 is 0 Å². The van der Waals surface area contributed by atoms with E-state index in [4.69, 9.17) is 0 Å². The van der Waals surface area contributed by atoms with Gasteiger partial charge in [-0.1, -0.05) is 6.07 Å². The van der Waals surface area contributed by atoms with Crippen LogP contribution in [0.5, 0.6) is 0 Å². The average molecular weight is 280 g/mol. The summed E-state index contributed by atoms with van der Waals surface area (Å²) in [5, 5.41) is 30.7. The van der Waals surface area contributed by atoms with Crippen LogP contribution in [-0.2, 0) is 0 Å². The zero-order valence-corrected chi connectivity index (χ0v) is 11.7. The topological polar surface area (TPSA) is 86.8 Å². The van der Waals surface area contributed by atoms with Gasteiger partial charge in [-0.15, -0.1) is 0 Å². The molecule has 0 amide bonds. The quantitative estimate of drug-likeness (QED) is 0.653. The molecule has 0 unspecified atom stereocenters. The zero-order chi connectivity index (χ0) is 14.9. The molecule has 1 aliphatic heterocycles. The molecule has 2 rings (SSSR count). The molecule has 2 N–H and O–H groups in total. The number of hydrogen-bond acceptors (Lipinski definition) is 5. The summed E-state index contributed by atoms with van der Waals surface area (Å²) < 4.78 is 0. The van der Waals surface area contributed by atoms with Gasteiger partial charge in [0.2, 0.25) is 0 Å². The largest absolute Gasteiger partial charge is 0.390 e. The summed E-state index contributed by atoms with van der Waals surface area (Å²) in [6.45, 7) is 4.54. The lowest BCUT2D eigenvalue weighted by Gasteiger charge is -2.36. The molecular weight excluding hydrogens is 260 g/mol. The molecule has 1 aliphatic rings. The minimum absolute atomic E-state index is 0.00458. The summed E-state index contributed by atoms with van der Waals surface area (Å²) in [6, 6.07) is 4.81. The molecular formula is C14H20N2O4. The summed E-state index contributed by atoms with van der Waals surface area (Å²) >= 11 is 0. The molecule has 1 atom stereocenters. The first-order chi connectivity index (χ1) is 9.30. The van der Waals surface area contributed by atoms with Crippen LogP contribution in [0.2, 0.25) is 0 Å². The number of rotatable bonds is 3. The minimum atomic E-state index is -0.732. The van der Waals surface area contributed by atoms with E-state index in [1.807, 2.05) is 4.90 Å². The van der Waals surface area contributed by atoms with E-state index in [2.05, 4.69) is 0 Å². The highest BCUT2D eigenvalue weighted by Gasteiger charge is 2.30. The molecule has 0 aliphatic carbocycles. The third kappa shape index (κ3) is 3.08. The Morgan fingerprint density at radius 3 is 2.50 bits per heavy atom. The van der Waals surface area contributed by atoms with E-state index >= 15 is 0 Å². The van der Waals surface area contributed by atoms with Crippen molar-refractivity contribution in [2.24, 2.45) is 0 Å². The van der Waals surface area contributed by atoms with E-state index in [1.54, 1.807) is 26.0 Å². The molecule has 110 valence electrons. The number of nitro benzene ring substituents is 1. The van der Waals surface area contributed by atoms with Crippen molar-refractivity contribution in [2.45, 2.75) is 38.4 Å². The SMILES string of the molecule is C[C@H](O)c1ccc(N2CCC(C)(O)CC2)c([N+](=O)[O-])c1. The van der Waals surface area contributed by atoms with Gasteiger partial charge in [-0.25, -0.2) is 0 Å². The molecule has 1 aromatic carbocycles. The van der Waals surface area contributed by atoms with Gasteiger partial charge in [0.25, 0.3) is 5.69 Å². The van der Waals surface area contributed by atoms with Gasteiger partial charge in [0.05, 0.1) is 16.6 Å². The van der Waals surface area contributed by atoms with Crippen LogP contribution in [-0.4, -0.2) is 33.8 Å². The van der Waals surface area contributed by atoms with Crippen molar-refractivity contribution in [2.75, 3.05) is 18.0 Å². The number of hydrogen-bond donors (Lipinski definition) is 2. The molecule has 0 bridgehead atoms. The molecule has 0 saturated carbocycles. The number of piperidine rings is 1. The van der Waals surface area contributed by atoms with Gasteiger partial charge in [-0.05, 0) is 38.3 Å². The molecule has 0 aromatic heterocycles. The Bertz CT molecular complexity index is 504. The average Bonchev–Trinajstić information content (AvgIpc) is 2.38. The number of nitro groups is 1. The van der Waals surface area contributed by atoms with Gasteiger partial charge < -0.3 is 15.1 Å². The second kappa shape index (κ2) is 5.38. The van der Waals surface area contributed by atoms with E-state index in [0.29, 0.717) is 37.2 Å². The lowest BCUT2D eigenvalue weighted by Crippen LogP contribution is -2.42. The first kappa shape index (κ1) is 14.7. The Kier molecular flexibility index (Phi) is 3.96. The Morgan fingerprint density at radius 2 is 2.00 bits per heavy atom. The van der Waals surface area contributed by atoms with Gasteiger partial charge in [-0.3, -0.25) is 10.1 Å². The zero-order valence-electron chi connectivity index (χ0n) is 11.7. The van der Waals surface area contributed by atoms with Crippen LogP contribution in [0.3, 0.4) is 0 Å². The normalized spacial score (nSPS) is 19.7. The number of nitrogens with zero attached hydrogens (tertiary/aromatic N) is 2. The molecule has 6 heteroatoms. The summed E-state index contributed by atoms with van der Waals surface area (Å²) in [7, 11) is 0. The lowest BCUT2D eigenvalue weighted by atomic mass is 9.93. The molecule has 0 radical (unpaired) electrons. The second-order valence-electron chi connectivity index (χ2n) is 5.67. The highest BCUT2D eigenvalue weighted by atomic mass is 16.6. The van der Waals surface area contributed by atoms with Crippen LogP contribution in [0.4, 0.5) is 11.4 Å². The summed E-state index contributed by atoms with van der Waals surface area (Å²) in [6.07, 6.45) is 0.440. The molecule has 20 heavy (non-hydrogen) atoms. The van der Waals surface area contributed by atoms with Crippen LogP contribution in [0.1, 0.15) is 38.4 Å². The van der Waals surface area contributed by atoms with E-state index in [-0.39, 0.29) is 5.69 Å². The molecule has 6 nitrogen and oxygen atoms in total.